The van der Waals surface area contributed by atoms with Crippen molar-refractivity contribution in [2.75, 3.05) is 58.9 Å². The lowest BCUT2D eigenvalue weighted by atomic mass is 10.1. The predicted molar refractivity (Wildman–Crippen MR) is 274 cm³/mol. The van der Waals surface area contributed by atoms with E-state index in [1.807, 2.05) is 0 Å². The number of hydrogen-bond acceptors (Lipinski definition) is 3. The van der Waals surface area contributed by atoms with Crippen LogP contribution in [0.3, 0.4) is 0 Å². The minimum Gasteiger partial charge on any atom is -0.303 e. The van der Waals surface area contributed by atoms with Crippen LogP contribution in [0.2, 0.25) is 0 Å². The van der Waals surface area contributed by atoms with Gasteiger partial charge in [0.05, 0.1) is 0 Å². The number of unbranched alkanes of at least 4 members (excludes halogenated alkanes) is 31. The number of nitrogens with zero attached hydrogens (tertiary/aromatic N) is 3. The Bertz CT molecular complexity index is 838. The molecule has 60 heavy (non-hydrogen) atoms. The highest BCUT2D eigenvalue weighted by molar-refractivity contribution is 4.82. The van der Waals surface area contributed by atoms with Crippen molar-refractivity contribution in [1.29, 1.82) is 0 Å². The van der Waals surface area contributed by atoms with Gasteiger partial charge in [-0.05, 0) is 169 Å². The van der Waals surface area contributed by atoms with Crippen LogP contribution in [0, 0.1) is 0 Å². The van der Waals surface area contributed by atoms with Crippen LogP contribution < -0.4 is 0 Å². The fraction of sp³-hybridized carbons (Fsp3) is 0.895. The Labute approximate surface area is 379 Å². The summed E-state index contributed by atoms with van der Waals surface area (Å²) < 4.78 is 0. The molecular formula is C57H111N3. The molecule has 1 fully saturated rings. The third-order valence-corrected chi connectivity index (χ3v) is 13.4. The summed E-state index contributed by atoms with van der Waals surface area (Å²) in [5, 5.41) is 0. The summed E-state index contributed by atoms with van der Waals surface area (Å²) in [4.78, 5) is 8.60. The van der Waals surface area contributed by atoms with Gasteiger partial charge >= 0.3 is 0 Å². The van der Waals surface area contributed by atoms with Gasteiger partial charge in [-0.2, -0.15) is 0 Å². The van der Waals surface area contributed by atoms with Crippen LogP contribution in [0.15, 0.2) is 36.5 Å². The smallest absolute Gasteiger partial charge is 0.000654 e. The summed E-state index contributed by atoms with van der Waals surface area (Å²) in [6, 6.07) is 0. The molecular weight excluding hydrogens is 727 g/mol. The van der Waals surface area contributed by atoms with E-state index in [4.69, 9.17) is 0 Å². The van der Waals surface area contributed by atoms with E-state index in [1.165, 1.54) is 309 Å². The molecule has 0 aliphatic carbocycles. The molecule has 0 spiro atoms. The first-order valence-corrected chi connectivity index (χ1v) is 27.9. The van der Waals surface area contributed by atoms with E-state index in [0.717, 1.165) is 0 Å². The van der Waals surface area contributed by atoms with Gasteiger partial charge < -0.3 is 14.7 Å². The zero-order chi connectivity index (χ0) is 42.9. The highest BCUT2D eigenvalue weighted by atomic mass is 15.2. The maximum Gasteiger partial charge on any atom is -0.000654 e. The minimum atomic E-state index is 1.27. The first-order chi connectivity index (χ1) is 29.8. The molecule has 1 rings (SSSR count). The summed E-state index contributed by atoms with van der Waals surface area (Å²) in [6.07, 6.45) is 68.8. The third kappa shape index (κ3) is 42.4. The molecule has 0 atom stereocenters. The van der Waals surface area contributed by atoms with Crippen molar-refractivity contribution in [1.82, 2.24) is 14.7 Å². The maximum absolute atomic E-state index is 2.87. The maximum atomic E-state index is 2.87. The molecule has 0 radical (unpaired) electrons. The quantitative estimate of drug-likeness (QED) is 0.0448. The van der Waals surface area contributed by atoms with Crippen LogP contribution in [0.25, 0.3) is 0 Å². The van der Waals surface area contributed by atoms with Crippen molar-refractivity contribution in [3.05, 3.63) is 36.5 Å². The second kappa shape index (κ2) is 49.1. The Balaban J connectivity index is 2.36. The highest BCUT2D eigenvalue weighted by Crippen LogP contribution is 2.15. The van der Waals surface area contributed by atoms with Gasteiger partial charge in [-0.15, -0.1) is 0 Å². The molecule has 0 saturated carbocycles. The molecule has 0 bridgehead atoms. The average Bonchev–Trinajstić information content (AvgIpc) is 3.25. The van der Waals surface area contributed by atoms with E-state index < -0.39 is 0 Å². The van der Waals surface area contributed by atoms with Crippen molar-refractivity contribution < 1.29 is 0 Å². The number of hydrogen-bond donors (Lipinski definition) is 0. The zero-order valence-corrected chi connectivity index (χ0v) is 41.7. The molecule has 0 unspecified atom stereocenters. The molecule has 3 heteroatoms. The summed E-state index contributed by atoms with van der Waals surface area (Å²) >= 11 is 0. The fourth-order valence-corrected chi connectivity index (χ4v) is 9.37. The van der Waals surface area contributed by atoms with Gasteiger partial charge in [0.2, 0.25) is 0 Å². The molecule has 1 heterocycles. The molecule has 354 valence electrons. The van der Waals surface area contributed by atoms with E-state index in [-0.39, 0.29) is 0 Å². The van der Waals surface area contributed by atoms with Crippen molar-refractivity contribution in [3.8, 4) is 0 Å². The van der Waals surface area contributed by atoms with Crippen LogP contribution in [-0.2, 0) is 0 Å². The molecule has 0 N–H and O–H groups in total. The van der Waals surface area contributed by atoms with Crippen LogP contribution in [0.4, 0.5) is 0 Å². The lowest BCUT2D eigenvalue weighted by molar-refractivity contribution is 0.177. The van der Waals surface area contributed by atoms with Crippen molar-refractivity contribution in [3.63, 3.8) is 0 Å². The van der Waals surface area contributed by atoms with Gasteiger partial charge in [-0.1, -0.05) is 198 Å². The Kier molecular flexibility index (Phi) is 46.8. The Hall–Kier alpha value is -0.900. The largest absolute Gasteiger partial charge is 0.303 e. The normalized spacial score (nSPS) is 15.8. The van der Waals surface area contributed by atoms with Crippen LogP contribution >= 0.6 is 0 Å². The molecule has 1 aliphatic rings. The standard InChI is InChI=1S/C57H111N3/c1-4-7-10-13-16-19-22-24-26-28-30-32-35-38-41-44-50-59-54-46-52-58(49-43-40-37-34-21-18-15-12-9-6-3)53-47-55-60(57-48-56-59)51-45-42-39-36-33-31-29-27-25-23-20-17-14-11-8-5-2/h6,9,24-27H,4-5,7-8,10-23,28-57H2,1-3H3/b9-6+,26-24+,27-25+. The first kappa shape index (κ1) is 57.1. The molecule has 0 aromatic carbocycles. The first-order valence-electron chi connectivity index (χ1n) is 27.9. The molecule has 0 aromatic rings. The van der Waals surface area contributed by atoms with E-state index in [1.54, 1.807) is 0 Å². The predicted octanol–water partition coefficient (Wildman–Crippen LogP) is 17.8. The lowest BCUT2D eigenvalue weighted by Crippen LogP contribution is -2.37. The van der Waals surface area contributed by atoms with E-state index in [2.05, 4.69) is 71.9 Å². The van der Waals surface area contributed by atoms with Crippen LogP contribution in [0.1, 0.15) is 271 Å². The van der Waals surface area contributed by atoms with Crippen molar-refractivity contribution in [2.45, 2.75) is 271 Å². The van der Waals surface area contributed by atoms with Gasteiger partial charge in [0, 0.05) is 0 Å². The summed E-state index contributed by atoms with van der Waals surface area (Å²) in [6.45, 7) is 18.6. The SMILES string of the molecule is C/C=C/CCCCCCCCCN1CCCN(CCCCCCCC/C=C/CCCCCCCC)CCCN(CCCCCCCC/C=C/CCCCCCCC)CCC1. The Morgan fingerprint density at radius 3 is 0.733 bits per heavy atom. The lowest BCUT2D eigenvalue weighted by Gasteiger charge is -2.30. The second-order valence-corrected chi connectivity index (χ2v) is 19.3. The highest BCUT2D eigenvalue weighted by Gasteiger charge is 2.13. The average molecular weight is 839 g/mol. The Morgan fingerprint density at radius 2 is 0.483 bits per heavy atom. The Morgan fingerprint density at radius 1 is 0.267 bits per heavy atom. The molecule has 1 aliphatic heterocycles. The summed E-state index contributed by atoms with van der Waals surface area (Å²) in [7, 11) is 0. The van der Waals surface area contributed by atoms with Crippen molar-refractivity contribution >= 4 is 0 Å². The fourth-order valence-electron chi connectivity index (χ4n) is 9.37. The summed E-state index contributed by atoms with van der Waals surface area (Å²) in [5.74, 6) is 0. The van der Waals surface area contributed by atoms with E-state index in [0.29, 0.717) is 0 Å². The van der Waals surface area contributed by atoms with Gasteiger partial charge in [-0.3, -0.25) is 0 Å². The van der Waals surface area contributed by atoms with Gasteiger partial charge in [0.1, 0.15) is 0 Å². The van der Waals surface area contributed by atoms with E-state index in [9.17, 15) is 0 Å². The number of rotatable bonds is 42. The molecule has 1 saturated heterocycles. The van der Waals surface area contributed by atoms with Gasteiger partial charge in [-0.25, -0.2) is 0 Å². The van der Waals surface area contributed by atoms with Crippen LogP contribution in [-0.4, -0.2) is 73.6 Å². The third-order valence-electron chi connectivity index (χ3n) is 13.4. The van der Waals surface area contributed by atoms with Crippen molar-refractivity contribution in [2.24, 2.45) is 0 Å². The van der Waals surface area contributed by atoms with E-state index >= 15 is 0 Å². The van der Waals surface area contributed by atoms with Gasteiger partial charge in [0.25, 0.3) is 0 Å². The molecule has 0 amide bonds. The summed E-state index contributed by atoms with van der Waals surface area (Å²) in [5.41, 5.74) is 0. The molecule has 3 nitrogen and oxygen atoms in total. The monoisotopic (exact) mass is 838 g/mol. The van der Waals surface area contributed by atoms with Gasteiger partial charge in [0.15, 0.2) is 0 Å². The topological polar surface area (TPSA) is 9.72 Å². The minimum absolute atomic E-state index is 1.27. The zero-order valence-electron chi connectivity index (χ0n) is 41.7. The second-order valence-electron chi connectivity index (χ2n) is 19.3. The molecule has 0 aromatic heterocycles. The van der Waals surface area contributed by atoms with Crippen LogP contribution in [0.5, 0.6) is 0 Å². The number of allylic oxidation sites excluding steroid dienone is 6.